The molecule has 1 amide bonds. The zero-order valence-corrected chi connectivity index (χ0v) is 15.0. The van der Waals surface area contributed by atoms with Crippen LogP contribution >= 0.6 is 0 Å². The van der Waals surface area contributed by atoms with Crippen molar-refractivity contribution in [2.24, 2.45) is 0 Å². The number of hydrogen-bond donors (Lipinski definition) is 0. The van der Waals surface area contributed by atoms with Gasteiger partial charge in [-0.05, 0) is 43.4 Å². The summed E-state index contributed by atoms with van der Waals surface area (Å²) >= 11 is 0. The molecule has 0 aromatic heterocycles. The van der Waals surface area contributed by atoms with Crippen LogP contribution in [0, 0.1) is 5.82 Å². The molecule has 138 valence electrons. The minimum atomic E-state index is -0.228. The summed E-state index contributed by atoms with van der Waals surface area (Å²) in [6, 6.07) is 6.66. The van der Waals surface area contributed by atoms with Gasteiger partial charge in [0.1, 0.15) is 5.82 Å². The first-order valence-electron chi connectivity index (χ1n) is 9.57. The van der Waals surface area contributed by atoms with E-state index in [0.29, 0.717) is 13.1 Å². The summed E-state index contributed by atoms with van der Waals surface area (Å²) in [4.78, 5) is 16.9. The predicted molar refractivity (Wildman–Crippen MR) is 95.7 cm³/mol. The number of rotatable bonds is 6. The van der Waals surface area contributed by atoms with E-state index in [4.69, 9.17) is 4.74 Å². The maximum Gasteiger partial charge on any atom is 0.236 e. The molecule has 2 saturated heterocycles. The number of benzene rings is 1. The van der Waals surface area contributed by atoms with E-state index in [1.165, 1.54) is 18.9 Å². The van der Waals surface area contributed by atoms with Crippen LogP contribution in [0.15, 0.2) is 24.3 Å². The molecule has 2 fully saturated rings. The van der Waals surface area contributed by atoms with Crippen LogP contribution in [0.4, 0.5) is 4.39 Å². The van der Waals surface area contributed by atoms with Gasteiger partial charge < -0.3 is 9.64 Å². The lowest BCUT2D eigenvalue weighted by molar-refractivity contribution is -0.132. The number of carbonyl (C=O) groups is 1. The third-order valence-corrected chi connectivity index (χ3v) is 5.10. The van der Waals surface area contributed by atoms with E-state index in [0.717, 1.165) is 57.5 Å². The highest BCUT2D eigenvalue weighted by atomic mass is 19.1. The molecule has 3 rings (SSSR count). The van der Waals surface area contributed by atoms with Gasteiger partial charge in [0, 0.05) is 32.8 Å². The maximum atomic E-state index is 13.5. The van der Waals surface area contributed by atoms with Gasteiger partial charge in [0.05, 0.1) is 12.6 Å². The zero-order chi connectivity index (χ0) is 17.5. The predicted octanol–water partition coefficient (Wildman–Crippen LogP) is 3.21. The Bertz CT molecular complexity index is 552. The average Bonchev–Trinajstić information content (AvgIpc) is 2.94. The Morgan fingerprint density at radius 3 is 2.68 bits per heavy atom. The molecule has 0 radical (unpaired) electrons. The molecule has 0 spiro atoms. The smallest absolute Gasteiger partial charge is 0.236 e. The van der Waals surface area contributed by atoms with Gasteiger partial charge in [-0.1, -0.05) is 25.0 Å². The quantitative estimate of drug-likeness (QED) is 0.791. The van der Waals surface area contributed by atoms with Crippen molar-refractivity contribution in [1.29, 1.82) is 0 Å². The van der Waals surface area contributed by atoms with Gasteiger partial charge in [-0.2, -0.15) is 0 Å². The molecule has 1 atom stereocenters. The highest BCUT2D eigenvalue weighted by Crippen LogP contribution is 2.16. The van der Waals surface area contributed by atoms with Crippen molar-refractivity contribution in [2.75, 3.05) is 32.8 Å². The molecule has 2 aliphatic heterocycles. The van der Waals surface area contributed by atoms with Crippen molar-refractivity contribution < 1.29 is 13.9 Å². The fourth-order valence-corrected chi connectivity index (χ4v) is 3.77. The summed E-state index contributed by atoms with van der Waals surface area (Å²) in [5.74, 6) is -0.0373. The lowest BCUT2D eigenvalue weighted by atomic mass is 10.1. The molecule has 0 saturated carbocycles. The van der Waals surface area contributed by atoms with E-state index in [1.807, 2.05) is 11.0 Å². The van der Waals surface area contributed by atoms with Gasteiger partial charge in [-0.25, -0.2) is 4.39 Å². The van der Waals surface area contributed by atoms with Gasteiger partial charge >= 0.3 is 0 Å². The van der Waals surface area contributed by atoms with Crippen LogP contribution in [0.25, 0.3) is 0 Å². The van der Waals surface area contributed by atoms with Crippen LogP contribution in [0.5, 0.6) is 0 Å². The van der Waals surface area contributed by atoms with Crippen LogP contribution in [-0.2, 0) is 16.1 Å². The number of carbonyl (C=O) groups excluding carboxylic acids is 1. The second-order valence-electron chi connectivity index (χ2n) is 7.23. The maximum absolute atomic E-state index is 13.5. The Balaban J connectivity index is 1.63. The van der Waals surface area contributed by atoms with Gasteiger partial charge in [0.15, 0.2) is 0 Å². The van der Waals surface area contributed by atoms with Crippen molar-refractivity contribution in [3.05, 3.63) is 35.6 Å². The third kappa shape index (κ3) is 5.79. The first-order valence-corrected chi connectivity index (χ1v) is 9.57. The number of likely N-dealkylation sites (tertiary alicyclic amines) is 1. The largest absolute Gasteiger partial charge is 0.377 e. The molecule has 4 nitrogen and oxygen atoms in total. The summed E-state index contributed by atoms with van der Waals surface area (Å²) < 4.78 is 19.3. The number of ether oxygens (including phenoxy) is 1. The topological polar surface area (TPSA) is 32.8 Å². The van der Waals surface area contributed by atoms with E-state index >= 15 is 0 Å². The van der Waals surface area contributed by atoms with Crippen LogP contribution in [-0.4, -0.2) is 54.6 Å². The number of hydrogen-bond acceptors (Lipinski definition) is 3. The average molecular weight is 348 g/mol. The van der Waals surface area contributed by atoms with E-state index in [1.54, 1.807) is 12.1 Å². The van der Waals surface area contributed by atoms with Crippen molar-refractivity contribution >= 4 is 5.91 Å². The molecule has 0 N–H and O–H groups in total. The normalized spacial score (nSPS) is 21.5. The van der Waals surface area contributed by atoms with E-state index in [2.05, 4.69) is 4.90 Å². The summed E-state index contributed by atoms with van der Waals surface area (Å²) in [6.45, 7) is 4.24. The van der Waals surface area contributed by atoms with E-state index in [9.17, 15) is 9.18 Å². The van der Waals surface area contributed by atoms with Crippen LogP contribution < -0.4 is 0 Å². The van der Waals surface area contributed by atoms with Gasteiger partial charge in [-0.15, -0.1) is 0 Å². The molecule has 1 aromatic rings. The first kappa shape index (κ1) is 18.3. The minimum absolute atomic E-state index is 0.186. The molecule has 2 heterocycles. The van der Waals surface area contributed by atoms with Crippen molar-refractivity contribution in [3.8, 4) is 0 Å². The molecule has 0 bridgehead atoms. The first-order chi connectivity index (χ1) is 12.2. The minimum Gasteiger partial charge on any atom is -0.377 e. The highest BCUT2D eigenvalue weighted by molar-refractivity contribution is 5.78. The van der Waals surface area contributed by atoms with Crippen molar-refractivity contribution in [2.45, 2.75) is 51.2 Å². The fraction of sp³-hybridized carbons (Fsp3) is 0.650. The van der Waals surface area contributed by atoms with Crippen molar-refractivity contribution in [1.82, 2.24) is 9.80 Å². The Morgan fingerprint density at radius 2 is 2.00 bits per heavy atom. The second-order valence-corrected chi connectivity index (χ2v) is 7.23. The molecule has 2 aliphatic rings. The lowest BCUT2D eigenvalue weighted by Gasteiger charge is -2.28. The van der Waals surface area contributed by atoms with E-state index in [-0.39, 0.29) is 17.8 Å². The number of halogens is 1. The SMILES string of the molecule is O=C(CN(Cc1cccc(F)c1)CC1CCCO1)N1CCCCCC1. The summed E-state index contributed by atoms with van der Waals surface area (Å²) in [7, 11) is 0. The molecular weight excluding hydrogens is 319 g/mol. The summed E-state index contributed by atoms with van der Waals surface area (Å²) in [6.07, 6.45) is 6.93. The zero-order valence-electron chi connectivity index (χ0n) is 15.0. The lowest BCUT2D eigenvalue weighted by Crippen LogP contribution is -2.43. The Morgan fingerprint density at radius 1 is 1.20 bits per heavy atom. The standard InChI is InChI=1S/C20H29FN2O2/c21-18-8-5-7-17(13-18)14-22(15-19-9-6-12-25-19)16-20(24)23-10-3-1-2-4-11-23/h5,7-8,13,19H,1-4,6,9-12,14-16H2. The van der Waals surface area contributed by atoms with Crippen LogP contribution in [0.1, 0.15) is 44.1 Å². The van der Waals surface area contributed by atoms with Crippen LogP contribution in [0.2, 0.25) is 0 Å². The second kappa shape index (κ2) is 9.30. The molecule has 0 aliphatic carbocycles. The Labute approximate surface area is 149 Å². The molecule has 5 heteroatoms. The van der Waals surface area contributed by atoms with E-state index < -0.39 is 0 Å². The fourth-order valence-electron chi connectivity index (χ4n) is 3.77. The monoisotopic (exact) mass is 348 g/mol. The molecule has 1 aromatic carbocycles. The van der Waals surface area contributed by atoms with Gasteiger partial charge in [0.2, 0.25) is 5.91 Å². The van der Waals surface area contributed by atoms with Gasteiger partial charge in [0.25, 0.3) is 0 Å². The van der Waals surface area contributed by atoms with Gasteiger partial charge in [-0.3, -0.25) is 9.69 Å². The Kier molecular flexibility index (Phi) is 6.82. The molecule has 25 heavy (non-hydrogen) atoms. The number of amides is 1. The van der Waals surface area contributed by atoms with Crippen LogP contribution in [0.3, 0.4) is 0 Å². The summed E-state index contributed by atoms with van der Waals surface area (Å²) in [5, 5.41) is 0. The van der Waals surface area contributed by atoms with Crippen molar-refractivity contribution in [3.63, 3.8) is 0 Å². The molecular formula is C20H29FN2O2. The third-order valence-electron chi connectivity index (χ3n) is 5.10. The molecule has 1 unspecified atom stereocenters. The summed E-state index contributed by atoms with van der Waals surface area (Å²) in [5.41, 5.74) is 0.904. The Hall–Kier alpha value is -1.46. The number of nitrogens with zero attached hydrogens (tertiary/aromatic N) is 2. The highest BCUT2D eigenvalue weighted by Gasteiger charge is 2.23.